The second-order valence-electron chi connectivity index (χ2n) is 7.45. The topological polar surface area (TPSA) is 36.3 Å². The maximum absolute atomic E-state index is 6.27. The largest absolute Gasteiger partial charge is 0.346 e. The van der Waals surface area contributed by atoms with Gasteiger partial charge in [0, 0.05) is 53.4 Å². The Labute approximate surface area is 206 Å². The van der Waals surface area contributed by atoms with Gasteiger partial charge in [0.2, 0.25) is 0 Å². The predicted octanol–water partition coefficient (Wildman–Crippen LogP) is 5.52. The van der Waals surface area contributed by atoms with Crippen molar-refractivity contribution in [3.8, 4) is 0 Å². The molecule has 1 fully saturated rings. The fourth-order valence-corrected chi connectivity index (χ4v) is 4.70. The van der Waals surface area contributed by atoms with Crippen molar-refractivity contribution >= 4 is 62.1 Å². The average molecular weight is 539 g/mol. The summed E-state index contributed by atoms with van der Waals surface area (Å²) in [5.74, 6) is 0. The van der Waals surface area contributed by atoms with Gasteiger partial charge in [-0.05, 0) is 41.5 Å². The van der Waals surface area contributed by atoms with E-state index in [1.54, 1.807) is 12.3 Å². The van der Waals surface area contributed by atoms with Crippen LogP contribution in [0.2, 0.25) is 10.0 Å². The summed E-state index contributed by atoms with van der Waals surface area (Å²) in [6.45, 7) is 5.23. The number of rotatable bonds is 5. The molecule has 0 spiro atoms. The molecular formula is C22H22BrCl2N5S. The van der Waals surface area contributed by atoms with Crippen LogP contribution in [0.25, 0.3) is 0 Å². The van der Waals surface area contributed by atoms with Crippen molar-refractivity contribution < 1.29 is 0 Å². The summed E-state index contributed by atoms with van der Waals surface area (Å²) in [7, 11) is 0. The summed E-state index contributed by atoms with van der Waals surface area (Å²) in [6.07, 6.45) is 3.71. The molecule has 2 aromatic carbocycles. The molecule has 31 heavy (non-hydrogen) atoms. The monoisotopic (exact) mass is 537 g/mol. The van der Waals surface area contributed by atoms with Gasteiger partial charge < -0.3 is 10.2 Å². The number of piperazine rings is 1. The fraction of sp³-hybridized carbons (Fsp3) is 0.273. The second kappa shape index (κ2) is 10.3. The minimum atomic E-state index is 0.568. The van der Waals surface area contributed by atoms with Crippen molar-refractivity contribution in [1.29, 1.82) is 0 Å². The van der Waals surface area contributed by atoms with Crippen LogP contribution in [-0.2, 0) is 13.1 Å². The van der Waals surface area contributed by atoms with Gasteiger partial charge in [-0.2, -0.15) is 5.10 Å². The Hall–Kier alpha value is -1.64. The van der Waals surface area contributed by atoms with Gasteiger partial charge in [0.15, 0.2) is 5.11 Å². The summed E-state index contributed by atoms with van der Waals surface area (Å²) < 4.78 is 2.99. The van der Waals surface area contributed by atoms with E-state index in [9.17, 15) is 0 Å². The van der Waals surface area contributed by atoms with Gasteiger partial charge >= 0.3 is 0 Å². The summed E-state index contributed by atoms with van der Waals surface area (Å²) in [5, 5.41) is 9.70. The van der Waals surface area contributed by atoms with Gasteiger partial charge in [-0.3, -0.25) is 9.58 Å². The van der Waals surface area contributed by atoms with Crippen molar-refractivity contribution in [3.05, 3.63) is 80.5 Å². The molecule has 9 heteroatoms. The lowest BCUT2D eigenvalue weighted by atomic mass is 10.2. The van der Waals surface area contributed by atoms with E-state index in [-0.39, 0.29) is 0 Å². The Bertz CT molecular complexity index is 1070. The first-order valence-electron chi connectivity index (χ1n) is 9.96. The van der Waals surface area contributed by atoms with Crippen LogP contribution in [-0.4, -0.2) is 50.9 Å². The van der Waals surface area contributed by atoms with Crippen LogP contribution in [0.5, 0.6) is 0 Å². The van der Waals surface area contributed by atoms with Crippen molar-refractivity contribution in [2.24, 2.45) is 0 Å². The van der Waals surface area contributed by atoms with Crippen LogP contribution in [0, 0.1) is 0 Å². The third-order valence-electron chi connectivity index (χ3n) is 5.24. The highest BCUT2D eigenvalue weighted by atomic mass is 79.9. The molecule has 5 nitrogen and oxygen atoms in total. The average Bonchev–Trinajstić information content (AvgIpc) is 3.19. The molecule has 0 radical (unpaired) electrons. The molecule has 1 aromatic heterocycles. The molecule has 1 aliphatic rings. The molecule has 1 aliphatic heterocycles. The Morgan fingerprint density at radius 2 is 1.81 bits per heavy atom. The van der Waals surface area contributed by atoms with Crippen molar-refractivity contribution in [2.75, 3.05) is 31.5 Å². The minimum absolute atomic E-state index is 0.568. The third kappa shape index (κ3) is 5.99. The number of nitrogens with one attached hydrogen (secondary N) is 1. The summed E-state index contributed by atoms with van der Waals surface area (Å²) in [5.41, 5.74) is 3.14. The zero-order valence-electron chi connectivity index (χ0n) is 16.8. The van der Waals surface area contributed by atoms with Crippen molar-refractivity contribution in [2.45, 2.75) is 13.1 Å². The molecule has 0 saturated carbocycles. The number of aromatic nitrogens is 2. The van der Waals surface area contributed by atoms with Crippen LogP contribution < -0.4 is 5.32 Å². The number of hydrogen-bond acceptors (Lipinski definition) is 3. The van der Waals surface area contributed by atoms with Gasteiger partial charge in [0.1, 0.15) is 0 Å². The first-order valence-corrected chi connectivity index (χ1v) is 11.9. The zero-order chi connectivity index (χ0) is 21.8. The van der Waals surface area contributed by atoms with Gasteiger partial charge in [-0.15, -0.1) is 0 Å². The Kier molecular flexibility index (Phi) is 7.51. The molecule has 1 saturated heterocycles. The maximum Gasteiger partial charge on any atom is 0.173 e. The van der Waals surface area contributed by atoms with Gasteiger partial charge in [0.05, 0.1) is 18.4 Å². The van der Waals surface area contributed by atoms with Gasteiger partial charge in [-0.25, -0.2) is 0 Å². The van der Waals surface area contributed by atoms with Crippen LogP contribution in [0.3, 0.4) is 0 Å². The molecule has 0 amide bonds. The smallest absolute Gasteiger partial charge is 0.173 e. The van der Waals surface area contributed by atoms with E-state index in [4.69, 9.17) is 35.4 Å². The van der Waals surface area contributed by atoms with E-state index < -0.39 is 0 Å². The SMILES string of the molecule is S=C(Nc1cnn(Cc2ccc(Cl)cc2Cl)c1)N1CCN(Cc2ccccc2Br)CC1. The van der Waals surface area contributed by atoms with E-state index in [2.05, 4.69) is 54.3 Å². The summed E-state index contributed by atoms with van der Waals surface area (Å²) >= 11 is 21.5. The van der Waals surface area contributed by atoms with Gasteiger partial charge in [-0.1, -0.05) is 63.4 Å². The first-order chi connectivity index (χ1) is 15.0. The highest BCUT2D eigenvalue weighted by molar-refractivity contribution is 9.10. The molecule has 0 atom stereocenters. The lowest BCUT2D eigenvalue weighted by Gasteiger charge is -2.36. The molecule has 0 bridgehead atoms. The summed E-state index contributed by atoms with van der Waals surface area (Å²) in [6, 6.07) is 13.9. The zero-order valence-corrected chi connectivity index (χ0v) is 20.7. The van der Waals surface area contributed by atoms with Crippen LogP contribution in [0.4, 0.5) is 5.69 Å². The highest BCUT2D eigenvalue weighted by Crippen LogP contribution is 2.22. The van der Waals surface area contributed by atoms with Crippen LogP contribution in [0.15, 0.2) is 59.3 Å². The molecule has 1 N–H and O–H groups in total. The number of benzene rings is 2. The number of hydrogen-bond donors (Lipinski definition) is 1. The predicted molar refractivity (Wildman–Crippen MR) is 135 cm³/mol. The quantitative estimate of drug-likeness (QED) is 0.433. The minimum Gasteiger partial charge on any atom is -0.346 e. The molecule has 0 unspecified atom stereocenters. The number of halogens is 3. The first kappa shape index (κ1) is 22.6. The molecular weight excluding hydrogens is 517 g/mol. The molecule has 4 rings (SSSR count). The van der Waals surface area contributed by atoms with Crippen molar-refractivity contribution in [1.82, 2.24) is 19.6 Å². The highest BCUT2D eigenvalue weighted by Gasteiger charge is 2.20. The maximum atomic E-state index is 6.27. The number of thiocarbonyl (C=S) groups is 1. The normalized spacial score (nSPS) is 14.6. The van der Waals surface area contributed by atoms with E-state index >= 15 is 0 Å². The second-order valence-corrected chi connectivity index (χ2v) is 9.53. The lowest BCUT2D eigenvalue weighted by molar-refractivity contribution is 0.176. The van der Waals surface area contributed by atoms with Gasteiger partial charge in [0.25, 0.3) is 0 Å². The van der Waals surface area contributed by atoms with E-state index in [1.807, 2.05) is 29.1 Å². The lowest BCUT2D eigenvalue weighted by Crippen LogP contribution is -2.49. The van der Waals surface area contributed by atoms with Crippen molar-refractivity contribution in [3.63, 3.8) is 0 Å². The Balaban J connectivity index is 1.28. The van der Waals surface area contributed by atoms with Crippen LogP contribution in [0.1, 0.15) is 11.1 Å². The van der Waals surface area contributed by atoms with E-state index in [1.165, 1.54) is 5.56 Å². The third-order valence-corrected chi connectivity index (χ3v) is 6.96. The Morgan fingerprint density at radius 1 is 1.03 bits per heavy atom. The molecule has 3 aromatic rings. The number of anilines is 1. The standard InChI is InChI=1S/C22H22BrCl2N5S/c23-20-4-2-1-3-16(20)13-28-7-9-29(10-8-28)22(31)27-19-12-26-30(15-19)14-17-5-6-18(24)11-21(17)25/h1-6,11-12,15H,7-10,13-14H2,(H,27,31). The fourth-order valence-electron chi connectivity index (χ4n) is 3.52. The molecule has 2 heterocycles. The Morgan fingerprint density at radius 3 is 2.55 bits per heavy atom. The van der Waals surface area contributed by atoms with E-state index in [0.29, 0.717) is 16.6 Å². The summed E-state index contributed by atoms with van der Waals surface area (Å²) in [4.78, 5) is 4.66. The molecule has 162 valence electrons. The van der Waals surface area contributed by atoms with Crippen LogP contribution >= 0.6 is 51.3 Å². The van der Waals surface area contributed by atoms with E-state index in [0.717, 1.165) is 53.6 Å². The number of nitrogens with zero attached hydrogens (tertiary/aromatic N) is 4. The molecule has 0 aliphatic carbocycles.